The van der Waals surface area contributed by atoms with Gasteiger partial charge in [-0.15, -0.1) is 0 Å². The van der Waals surface area contributed by atoms with E-state index in [-0.39, 0.29) is 18.2 Å². The average Bonchev–Trinajstić information content (AvgIpc) is 2.72. The fraction of sp³-hybridized carbons (Fsp3) is 0.0625. The van der Waals surface area contributed by atoms with E-state index in [0.29, 0.717) is 16.8 Å². The second kappa shape index (κ2) is 4.86. The van der Waals surface area contributed by atoms with E-state index in [0.717, 1.165) is 10.5 Å². The summed E-state index contributed by atoms with van der Waals surface area (Å²) < 4.78 is 0. The summed E-state index contributed by atoms with van der Waals surface area (Å²) in [7, 11) is 0. The molecule has 2 N–H and O–H groups in total. The van der Waals surface area contributed by atoms with Crippen LogP contribution in [0.15, 0.2) is 48.5 Å². The number of rotatable bonds is 3. The molecule has 0 saturated carbocycles. The molecule has 0 saturated heterocycles. The lowest BCUT2D eigenvalue weighted by Gasteiger charge is -2.14. The minimum absolute atomic E-state index is 0.127. The standard InChI is InChI=1S/C16H12N2O3/c17-14(19)9-10-5-7-11(8-6-10)18-15(20)12-3-1-2-4-13(12)16(18)21/h1-8H,9H2,(H2,17,19). The largest absolute Gasteiger partial charge is 0.369 e. The van der Waals surface area contributed by atoms with E-state index in [1.165, 1.54) is 0 Å². The number of primary amides is 1. The van der Waals surface area contributed by atoms with Crippen molar-refractivity contribution in [3.05, 3.63) is 65.2 Å². The highest BCUT2D eigenvalue weighted by atomic mass is 16.2. The molecule has 3 amide bonds. The normalized spacial score (nSPS) is 13.4. The monoisotopic (exact) mass is 280 g/mol. The number of nitrogens with zero attached hydrogens (tertiary/aromatic N) is 1. The fourth-order valence-corrected chi connectivity index (χ4v) is 2.39. The van der Waals surface area contributed by atoms with Crippen LogP contribution in [-0.2, 0) is 11.2 Å². The van der Waals surface area contributed by atoms with E-state index >= 15 is 0 Å². The highest BCUT2D eigenvalue weighted by Gasteiger charge is 2.36. The summed E-state index contributed by atoms with van der Waals surface area (Å²) in [5.41, 5.74) is 7.16. The molecule has 0 radical (unpaired) electrons. The van der Waals surface area contributed by atoms with E-state index in [9.17, 15) is 14.4 Å². The van der Waals surface area contributed by atoms with E-state index in [1.807, 2.05) is 0 Å². The number of imide groups is 1. The van der Waals surface area contributed by atoms with Crippen molar-refractivity contribution in [1.82, 2.24) is 0 Å². The number of fused-ring (bicyclic) bond motifs is 1. The van der Waals surface area contributed by atoms with E-state index in [1.54, 1.807) is 48.5 Å². The van der Waals surface area contributed by atoms with Crippen LogP contribution in [0, 0.1) is 0 Å². The first-order valence-corrected chi connectivity index (χ1v) is 6.43. The second-order valence-corrected chi connectivity index (χ2v) is 4.80. The maximum absolute atomic E-state index is 12.3. The molecule has 104 valence electrons. The Labute approximate surface area is 121 Å². The molecule has 0 spiro atoms. The van der Waals surface area contributed by atoms with Gasteiger partial charge < -0.3 is 5.73 Å². The molecule has 3 rings (SSSR count). The summed E-state index contributed by atoms with van der Waals surface area (Å²) in [6.45, 7) is 0. The summed E-state index contributed by atoms with van der Waals surface area (Å²) in [5, 5.41) is 0. The lowest BCUT2D eigenvalue weighted by molar-refractivity contribution is -0.117. The Balaban J connectivity index is 1.94. The molecule has 0 bridgehead atoms. The minimum atomic E-state index is -0.427. The number of anilines is 1. The van der Waals surface area contributed by atoms with Gasteiger partial charge in [-0.1, -0.05) is 24.3 Å². The minimum Gasteiger partial charge on any atom is -0.369 e. The van der Waals surface area contributed by atoms with Gasteiger partial charge in [0.1, 0.15) is 0 Å². The van der Waals surface area contributed by atoms with Crippen LogP contribution in [0.2, 0.25) is 0 Å². The van der Waals surface area contributed by atoms with Crippen LogP contribution in [0.1, 0.15) is 26.3 Å². The van der Waals surface area contributed by atoms with E-state index in [4.69, 9.17) is 5.73 Å². The van der Waals surface area contributed by atoms with Crippen molar-refractivity contribution < 1.29 is 14.4 Å². The summed E-state index contributed by atoms with van der Waals surface area (Å²) in [5.74, 6) is -1.10. The Morgan fingerprint density at radius 2 is 1.43 bits per heavy atom. The van der Waals surface area contributed by atoms with Gasteiger partial charge in [0.2, 0.25) is 5.91 Å². The van der Waals surface area contributed by atoms with Gasteiger partial charge in [-0.3, -0.25) is 14.4 Å². The molecule has 0 aromatic heterocycles. The third kappa shape index (κ3) is 2.18. The molecular formula is C16H12N2O3. The topological polar surface area (TPSA) is 80.5 Å². The average molecular weight is 280 g/mol. The number of hydrogen-bond acceptors (Lipinski definition) is 3. The lowest BCUT2D eigenvalue weighted by atomic mass is 10.1. The summed E-state index contributed by atoms with van der Waals surface area (Å²) in [4.78, 5) is 36.6. The first-order chi connectivity index (χ1) is 10.1. The second-order valence-electron chi connectivity index (χ2n) is 4.80. The van der Waals surface area contributed by atoms with Crippen molar-refractivity contribution >= 4 is 23.4 Å². The van der Waals surface area contributed by atoms with Gasteiger partial charge in [0.25, 0.3) is 11.8 Å². The van der Waals surface area contributed by atoms with Crippen LogP contribution in [0.25, 0.3) is 0 Å². The van der Waals surface area contributed by atoms with Gasteiger partial charge in [0, 0.05) is 0 Å². The lowest BCUT2D eigenvalue weighted by Crippen LogP contribution is -2.29. The van der Waals surface area contributed by atoms with Crippen LogP contribution in [0.3, 0.4) is 0 Å². The molecular weight excluding hydrogens is 268 g/mol. The van der Waals surface area contributed by atoms with Crippen molar-refractivity contribution in [2.75, 3.05) is 4.90 Å². The maximum atomic E-state index is 12.3. The van der Waals surface area contributed by atoms with Crippen molar-refractivity contribution in [2.45, 2.75) is 6.42 Å². The molecule has 0 unspecified atom stereocenters. The zero-order chi connectivity index (χ0) is 15.0. The highest BCUT2D eigenvalue weighted by molar-refractivity contribution is 6.34. The molecule has 21 heavy (non-hydrogen) atoms. The third-order valence-corrected chi connectivity index (χ3v) is 3.37. The van der Waals surface area contributed by atoms with Gasteiger partial charge in [0.15, 0.2) is 0 Å². The Morgan fingerprint density at radius 3 is 1.90 bits per heavy atom. The molecule has 5 nitrogen and oxygen atoms in total. The number of benzene rings is 2. The third-order valence-electron chi connectivity index (χ3n) is 3.37. The SMILES string of the molecule is NC(=O)Cc1ccc(N2C(=O)c3ccccc3C2=O)cc1. The Hall–Kier alpha value is -2.95. The molecule has 5 heteroatoms. The van der Waals surface area contributed by atoms with Crippen LogP contribution in [0.4, 0.5) is 5.69 Å². The van der Waals surface area contributed by atoms with Crippen molar-refractivity contribution in [3.8, 4) is 0 Å². The Kier molecular flexibility index (Phi) is 3.02. The summed E-state index contributed by atoms with van der Waals surface area (Å²) in [6.07, 6.45) is 0.127. The number of hydrogen-bond donors (Lipinski definition) is 1. The molecule has 0 atom stereocenters. The zero-order valence-corrected chi connectivity index (χ0v) is 11.1. The summed E-state index contributed by atoms with van der Waals surface area (Å²) >= 11 is 0. The number of nitrogens with two attached hydrogens (primary N) is 1. The van der Waals surface area contributed by atoms with Crippen LogP contribution >= 0.6 is 0 Å². The predicted molar refractivity (Wildman–Crippen MR) is 76.9 cm³/mol. The van der Waals surface area contributed by atoms with Crippen LogP contribution < -0.4 is 10.6 Å². The highest BCUT2D eigenvalue weighted by Crippen LogP contribution is 2.28. The molecule has 1 aliphatic rings. The van der Waals surface area contributed by atoms with Gasteiger partial charge in [-0.25, -0.2) is 4.90 Å². The number of carbonyl (C=O) groups excluding carboxylic acids is 3. The first kappa shape index (κ1) is 13.1. The molecule has 2 aromatic carbocycles. The Bertz CT molecular complexity index is 715. The fourth-order valence-electron chi connectivity index (χ4n) is 2.39. The molecule has 1 heterocycles. The zero-order valence-electron chi connectivity index (χ0n) is 11.1. The van der Waals surface area contributed by atoms with Crippen molar-refractivity contribution in [2.24, 2.45) is 5.73 Å². The van der Waals surface area contributed by atoms with Crippen molar-refractivity contribution in [1.29, 1.82) is 0 Å². The molecule has 2 aromatic rings. The quantitative estimate of drug-likeness (QED) is 0.865. The smallest absolute Gasteiger partial charge is 0.266 e. The van der Waals surface area contributed by atoms with Gasteiger partial charge in [0.05, 0.1) is 23.2 Å². The van der Waals surface area contributed by atoms with E-state index in [2.05, 4.69) is 0 Å². The Morgan fingerprint density at radius 1 is 0.905 bits per heavy atom. The van der Waals surface area contributed by atoms with Gasteiger partial charge in [-0.05, 0) is 29.8 Å². The van der Waals surface area contributed by atoms with Crippen LogP contribution in [0.5, 0.6) is 0 Å². The van der Waals surface area contributed by atoms with Crippen molar-refractivity contribution in [3.63, 3.8) is 0 Å². The van der Waals surface area contributed by atoms with Gasteiger partial charge >= 0.3 is 0 Å². The molecule has 0 fully saturated rings. The van der Waals surface area contributed by atoms with Gasteiger partial charge in [-0.2, -0.15) is 0 Å². The molecule has 0 aliphatic carbocycles. The van der Waals surface area contributed by atoms with Crippen LogP contribution in [-0.4, -0.2) is 17.7 Å². The maximum Gasteiger partial charge on any atom is 0.266 e. The first-order valence-electron chi connectivity index (χ1n) is 6.43. The predicted octanol–water partition coefficient (Wildman–Crippen LogP) is 1.51. The summed E-state index contributed by atoms with van der Waals surface area (Å²) in [6, 6.07) is 13.4. The number of amides is 3. The van der Waals surface area contributed by atoms with E-state index < -0.39 is 5.91 Å². The molecule has 1 aliphatic heterocycles. The number of carbonyl (C=O) groups is 3.